The van der Waals surface area contributed by atoms with Crippen molar-refractivity contribution in [3.05, 3.63) is 12.7 Å². The summed E-state index contributed by atoms with van der Waals surface area (Å²) in [5.41, 5.74) is 0. The van der Waals surface area contributed by atoms with Crippen molar-refractivity contribution in [1.82, 2.24) is 0 Å². The molecule has 0 radical (unpaired) electrons. The van der Waals surface area contributed by atoms with E-state index in [9.17, 15) is 9.59 Å². The predicted molar refractivity (Wildman–Crippen MR) is 33.6 cm³/mol. The van der Waals surface area contributed by atoms with Gasteiger partial charge in [-0.05, 0) is 6.08 Å². The van der Waals surface area contributed by atoms with E-state index in [2.05, 4.69) is 11.6 Å². The summed E-state index contributed by atoms with van der Waals surface area (Å²) in [7, 11) is 0. The molecule has 0 aromatic heterocycles. The minimum absolute atomic E-state index is 0. The Bertz CT molecular complexity index is 137. The lowest BCUT2D eigenvalue weighted by Crippen LogP contribution is -1.80. The number of hydrogen-bond donors (Lipinski definition) is 0. The third kappa shape index (κ3) is 5.27. The second-order valence-corrected chi connectivity index (χ2v) is 0.745. The number of hydrogen-bond acceptors (Lipinski definition) is 2. The van der Waals surface area contributed by atoms with Crippen molar-refractivity contribution in [2.45, 2.75) is 0 Å². The van der Waals surface area contributed by atoms with E-state index in [1.807, 2.05) is 0 Å². The Morgan fingerprint density at radius 2 is 2.25 bits per heavy atom. The normalized spacial score (nSPS) is 5.50. The molecule has 0 aliphatic rings. The van der Waals surface area contributed by atoms with Crippen molar-refractivity contribution in [2.75, 3.05) is 0 Å². The fraction of sp³-hybridized carbons (Fsp3) is 0. The number of nitrogens with zero attached hydrogens (tertiary/aromatic N) is 1. The van der Waals surface area contributed by atoms with Gasteiger partial charge in [-0.15, -0.1) is 22.0 Å². The summed E-state index contributed by atoms with van der Waals surface area (Å²) < 4.78 is 0. The zero-order chi connectivity index (χ0) is 5.70. The first kappa shape index (κ1) is 10.3. The van der Waals surface area contributed by atoms with Gasteiger partial charge in [0.25, 0.3) is 5.91 Å². The molecule has 0 spiro atoms. The van der Waals surface area contributed by atoms with E-state index in [4.69, 9.17) is 0 Å². The van der Waals surface area contributed by atoms with Crippen LogP contribution in [0.4, 0.5) is 0 Å². The third-order valence-electron chi connectivity index (χ3n) is 0.330. The second-order valence-electron chi connectivity index (χ2n) is 0.745. The molecule has 1 amide bonds. The van der Waals surface area contributed by atoms with Crippen LogP contribution >= 0.6 is 17.0 Å². The van der Waals surface area contributed by atoms with Crippen molar-refractivity contribution >= 4 is 29.0 Å². The van der Waals surface area contributed by atoms with Gasteiger partial charge in [-0.2, -0.15) is 0 Å². The van der Waals surface area contributed by atoms with Crippen molar-refractivity contribution in [3.8, 4) is 0 Å². The zero-order valence-electron chi connectivity index (χ0n) is 3.96. The van der Waals surface area contributed by atoms with Crippen LogP contribution in [0.2, 0.25) is 0 Å². The molecule has 0 heterocycles. The second kappa shape index (κ2) is 6.27. The van der Waals surface area contributed by atoms with Gasteiger partial charge in [0.1, 0.15) is 0 Å². The number of carbonyl (C=O) groups excluding carboxylic acids is 2. The van der Waals surface area contributed by atoms with Gasteiger partial charge in [-0.25, -0.2) is 4.79 Å². The molecular weight excluding hydrogens is 174 g/mol. The molecule has 0 atom stereocenters. The maximum absolute atomic E-state index is 9.86. The number of isocyanates is 1. The Morgan fingerprint density at radius 3 is 2.38 bits per heavy atom. The van der Waals surface area contributed by atoms with Crippen molar-refractivity contribution < 1.29 is 9.59 Å². The van der Waals surface area contributed by atoms with E-state index in [1.165, 1.54) is 0 Å². The van der Waals surface area contributed by atoms with E-state index < -0.39 is 5.91 Å². The number of aliphatic imine (C=N–C) groups is 1. The third-order valence-corrected chi connectivity index (χ3v) is 0.330. The lowest BCUT2D eigenvalue weighted by molar-refractivity contribution is -0.113. The van der Waals surface area contributed by atoms with Crippen LogP contribution in [0.3, 0.4) is 0 Å². The summed E-state index contributed by atoms with van der Waals surface area (Å²) in [6, 6.07) is 0. The van der Waals surface area contributed by atoms with Gasteiger partial charge in [-0.3, -0.25) is 4.79 Å². The minimum atomic E-state index is -0.657. The topological polar surface area (TPSA) is 46.5 Å². The van der Waals surface area contributed by atoms with Gasteiger partial charge < -0.3 is 0 Å². The lowest BCUT2D eigenvalue weighted by atomic mass is 10.6. The van der Waals surface area contributed by atoms with E-state index in [0.717, 1.165) is 12.2 Å². The molecule has 0 bridgehead atoms. The van der Waals surface area contributed by atoms with Crippen LogP contribution in [0.5, 0.6) is 0 Å². The van der Waals surface area contributed by atoms with Crippen molar-refractivity contribution in [1.29, 1.82) is 0 Å². The molecule has 0 rings (SSSR count). The maximum Gasteiger partial charge on any atom is 0.279 e. The van der Waals surface area contributed by atoms with Crippen molar-refractivity contribution in [2.24, 2.45) is 4.99 Å². The molecule has 4 heteroatoms. The summed E-state index contributed by atoms with van der Waals surface area (Å²) in [6.45, 7) is 3.06. The van der Waals surface area contributed by atoms with E-state index in [0.29, 0.717) is 0 Å². The smallest absolute Gasteiger partial charge is 0.267 e. The Kier molecular flexibility index (Phi) is 8.07. The van der Waals surface area contributed by atoms with Gasteiger partial charge in [0.15, 0.2) is 0 Å². The van der Waals surface area contributed by atoms with E-state index in [1.54, 1.807) is 0 Å². The molecule has 0 N–H and O–H groups in total. The average Bonchev–Trinajstić information content (AvgIpc) is 1.68. The van der Waals surface area contributed by atoms with Gasteiger partial charge in [-0.1, -0.05) is 6.58 Å². The Labute approximate surface area is 56.9 Å². The summed E-state index contributed by atoms with van der Waals surface area (Å²) >= 11 is 0. The van der Waals surface area contributed by atoms with Crippen LogP contribution in [-0.2, 0) is 9.59 Å². The minimum Gasteiger partial charge on any atom is -0.267 e. The van der Waals surface area contributed by atoms with Crippen LogP contribution in [0.25, 0.3) is 0 Å². The summed E-state index contributed by atoms with van der Waals surface area (Å²) in [6.07, 6.45) is 2.01. The van der Waals surface area contributed by atoms with Crippen LogP contribution < -0.4 is 0 Å². The first-order valence-electron chi connectivity index (χ1n) is 1.55. The highest BCUT2D eigenvalue weighted by molar-refractivity contribution is 8.93. The predicted octanol–water partition coefficient (Wildman–Crippen LogP) is 0.613. The Hall–Kier alpha value is -0.730. The summed E-state index contributed by atoms with van der Waals surface area (Å²) in [4.78, 5) is 21.8. The largest absolute Gasteiger partial charge is 0.279 e. The van der Waals surface area contributed by atoms with Gasteiger partial charge >= 0.3 is 0 Å². The molecule has 0 aliphatic carbocycles. The molecule has 0 aliphatic heterocycles. The molecule has 0 saturated carbocycles. The maximum atomic E-state index is 9.86. The van der Waals surface area contributed by atoms with Crippen LogP contribution in [0.1, 0.15) is 0 Å². The first-order valence-corrected chi connectivity index (χ1v) is 1.55. The number of carbonyl (C=O) groups is 1. The molecule has 0 unspecified atom stereocenters. The van der Waals surface area contributed by atoms with Crippen LogP contribution in [-0.4, -0.2) is 12.0 Å². The summed E-state index contributed by atoms with van der Waals surface area (Å²) in [5.74, 6) is -0.657. The van der Waals surface area contributed by atoms with Gasteiger partial charge in [0.05, 0.1) is 0 Å². The number of amides is 1. The number of rotatable bonds is 1. The molecule has 0 aromatic carbocycles. The monoisotopic (exact) mass is 177 g/mol. The Balaban J connectivity index is 0. The molecule has 3 nitrogen and oxygen atoms in total. The number of halogens is 1. The Morgan fingerprint density at radius 1 is 1.75 bits per heavy atom. The van der Waals surface area contributed by atoms with Gasteiger partial charge in [0.2, 0.25) is 6.08 Å². The standard InChI is InChI=1S/C4H3NO2.BrH/c1-2-4(7)5-3-6;/h2H,1H2;1H. The molecular formula is C4H4BrNO2. The fourth-order valence-corrected chi connectivity index (χ4v) is 0.0906. The highest BCUT2D eigenvalue weighted by Crippen LogP contribution is 1.68. The molecule has 8 heavy (non-hydrogen) atoms. The summed E-state index contributed by atoms with van der Waals surface area (Å²) in [5, 5.41) is 0. The van der Waals surface area contributed by atoms with Crippen LogP contribution in [0, 0.1) is 0 Å². The van der Waals surface area contributed by atoms with Crippen molar-refractivity contribution in [3.63, 3.8) is 0 Å². The first-order chi connectivity index (χ1) is 3.31. The van der Waals surface area contributed by atoms with E-state index in [-0.39, 0.29) is 17.0 Å². The quantitative estimate of drug-likeness (QED) is 0.335. The van der Waals surface area contributed by atoms with Gasteiger partial charge in [0, 0.05) is 0 Å². The highest BCUT2D eigenvalue weighted by atomic mass is 79.9. The zero-order valence-corrected chi connectivity index (χ0v) is 5.67. The molecule has 44 valence electrons. The molecule has 0 fully saturated rings. The van der Waals surface area contributed by atoms with Crippen LogP contribution in [0.15, 0.2) is 17.6 Å². The fourth-order valence-electron chi connectivity index (χ4n) is 0.0906. The van der Waals surface area contributed by atoms with E-state index >= 15 is 0 Å². The SMILES string of the molecule is Br.C=CC(=O)N=C=O. The molecule has 0 aromatic rings. The lowest BCUT2D eigenvalue weighted by Gasteiger charge is -1.66. The average molecular weight is 178 g/mol. The molecule has 0 saturated heterocycles. The highest BCUT2D eigenvalue weighted by Gasteiger charge is 1.81.